The summed E-state index contributed by atoms with van der Waals surface area (Å²) in [6, 6.07) is 10.6. The summed E-state index contributed by atoms with van der Waals surface area (Å²) >= 11 is 1.60. The van der Waals surface area contributed by atoms with Gasteiger partial charge in [-0.3, -0.25) is 0 Å². The van der Waals surface area contributed by atoms with Gasteiger partial charge in [-0.2, -0.15) is 0 Å². The Bertz CT molecular complexity index is 785. The highest BCUT2D eigenvalue weighted by molar-refractivity contribution is 7.98. The van der Waals surface area contributed by atoms with Crippen LogP contribution in [-0.4, -0.2) is 29.5 Å². The Morgan fingerprint density at radius 3 is 2.52 bits per heavy atom. The van der Waals surface area contributed by atoms with Gasteiger partial charge in [-0.15, -0.1) is 32.8 Å². The van der Waals surface area contributed by atoms with Crippen molar-refractivity contribution in [3.8, 4) is 0 Å². The summed E-state index contributed by atoms with van der Waals surface area (Å²) in [5.74, 6) is 2.40. The van der Waals surface area contributed by atoms with Gasteiger partial charge in [0, 0.05) is 6.04 Å². The summed E-state index contributed by atoms with van der Waals surface area (Å²) in [5, 5.41) is 17.6. The topological polar surface area (TPSA) is 87.4 Å². The molecular weight excluding hydrogens is 358 g/mol. The maximum absolute atomic E-state index is 5.81. The molecule has 0 spiro atoms. The molecule has 0 bridgehead atoms. The van der Waals surface area contributed by atoms with E-state index in [1.807, 2.05) is 18.2 Å². The number of halogens is 1. The molecular formula is C16H22ClN7S. The second-order valence-corrected chi connectivity index (χ2v) is 6.65. The lowest BCUT2D eigenvalue weighted by molar-refractivity contribution is 0.579. The SMILES string of the molecule is CC(C)n1cnnc1CSc1nnc(CN)n1Cc1ccccc1.Cl. The molecule has 0 saturated carbocycles. The van der Waals surface area contributed by atoms with Crippen LogP contribution in [0.4, 0.5) is 0 Å². The minimum Gasteiger partial charge on any atom is -0.324 e. The molecule has 134 valence electrons. The fraction of sp³-hybridized carbons (Fsp3) is 0.375. The van der Waals surface area contributed by atoms with Crippen LogP contribution in [0.25, 0.3) is 0 Å². The van der Waals surface area contributed by atoms with Crippen molar-refractivity contribution in [3.05, 3.63) is 53.9 Å². The number of benzene rings is 1. The maximum atomic E-state index is 5.81. The molecule has 3 aromatic rings. The van der Waals surface area contributed by atoms with Crippen molar-refractivity contribution in [3.63, 3.8) is 0 Å². The van der Waals surface area contributed by atoms with Gasteiger partial charge in [0.15, 0.2) is 5.16 Å². The Labute approximate surface area is 157 Å². The number of hydrogen-bond acceptors (Lipinski definition) is 6. The van der Waals surface area contributed by atoms with Gasteiger partial charge in [0.25, 0.3) is 0 Å². The Morgan fingerprint density at radius 1 is 1.08 bits per heavy atom. The lowest BCUT2D eigenvalue weighted by Crippen LogP contribution is -2.10. The molecule has 25 heavy (non-hydrogen) atoms. The van der Waals surface area contributed by atoms with E-state index >= 15 is 0 Å². The number of nitrogens with two attached hydrogens (primary N) is 1. The van der Waals surface area contributed by atoms with Gasteiger partial charge in [-0.1, -0.05) is 42.1 Å². The third-order valence-electron chi connectivity index (χ3n) is 3.69. The van der Waals surface area contributed by atoms with Crippen LogP contribution in [0.1, 0.15) is 37.1 Å². The predicted molar refractivity (Wildman–Crippen MR) is 101 cm³/mol. The van der Waals surface area contributed by atoms with Crippen LogP contribution >= 0.6 is 24.2 Å². The van der Waals surface area contributed by atoms with Gasteiger partial charge in [-0.25, -0.2) is 0 Å². The Morgan fingerprint density at radius 2 is 1.84 bits per heavy atom. The second-order valence-electron chi connectivity index (χ2n) is 5.71. The molecule has 1 aromatic carbocycles. The normalized spacial score (nSPS) is 10.9. The zero-order chi connectivity index (χ0) is 16.9. The molecule has 0 atom stereocenters. The van der Waals surface area contributed by atoms with E-state index in [9.17, 15) is 0 Å². The maximum Gasteiger partial charge on any atom is 0.192 e. The Balaban J connectivity index is 0.00000225. The second kappa shape index (κ2) is 8.98. The van der Waals surface area contributed by atoms with E-state index < -0.39 is 0 Å². The average Bonchev–Trinajstić information content (AvgIpc) is 3.20. The van der Waals surface area contributed by atoms with Gasteiger partial charge in [0.1, 0.15) is 18.0 Å². The van der Waals surface area contributed by atoms with Crippen LogP contribution in [0, 0.1) is 0 Å². The van der Waals surface area contributed by atoms with Crippen LogP contribution in [0.15, 0.2) is 41.8 Å². The van der Waals surface area contributed by atoms with Crippen LogP contribution in [0.3, 0.4) is 0 Å². The first-order valence-corrected chi connectivity index (χ1v) is 8.85. The number of thioether (sulfide) groups is 1. The third kappa shape index (κ3) is 4.59. The van der Waals surface area contributed by atoms with Crippen LogP contribution in [-0.2, 0) is 18.8 Å². The van der Waals surface area contributed by atoms with Crippen molar-refractivity contribution in [1.82, 2.24) is 29.5 Å². The van der Waals surface area contributed by atoms with Crippen molar-refractivity contribution in [2.24, 2.45) is 5.73 Å². The van der Waals surface area contributed by atoms with Gasteiger partial charge >= 0.3 is 0 Å². The highest BCUT2D eigenvalue weighted by Gasteiger charge is 2.14. The van der Waals surface area contributed by atoms with E-state index in [4.69, 9.17) is 5.73 Å². The number of nitrogens with zero attached hydrogens (tertiary/aromatic N) is 6. The zero-order valence-electron chi connectivity index (χ0n) is 14.2. The highest BCUT2D eigenvalue weighted by atomic mass is 35.5. The molecule has 0 radical (unpaired) electrons. The summed E-state index contributed by atoms with van der Waals surface area (Å²) in [6.07, 6.45) is 1.76. The quantitative estimate of drug-likeness (QED) is 0.635. The molecule has 2 heterocycles. The van der Waals surface area contributed by atoms with Crippen LogP contribution < -0.4 is 5.73 Å². The highest BCUT2D eigenvalue weighted by Crippen LogP contribution is 2.23. The van der Waals surface area contributed by atoms with E-state index in [1.165, 1.54) is 5.56 Å². The van der Waals surface area contributed by atoms with Crippen LogP contribution in [0.2, 0.25) is 0 Å². The summed E-state index contributed by atoms with van der Waals surface area (Å²) in [6.45, 7) is 5.30. The molecule has 0 fully saturated rings. The molecule has 0 aliphatic rings. The van der Waals surface area contributed by atoms with E-state index in [0.717, 1.165) is 16.8 Å². The molecule has 0 unspecified atom stereocenters. The molecule has 3 rings (SSSR count). The van der Waals surface area contributed by atoms with Gasteiger partial charge < -0.3 is 14.9 Å². The molecule has 0 amide bonds. The van der Waals surface area contributed by atoms with Gasteiger partial charge in [0.05, 0.1) is 18.8 Å². The predicted octanol–water partition coefficient (Wildman–Crippen LogP) is 2.67. The number of hydrogen-bond donors (Lipinski definition) is 1. The van der Waals surface area contributed by atoms with Crippen molar-refractivity contribution in [2.45, 2.75) is 43.9 Å². The first kappa shape index (κ1) is 19.4. The molecule has 0 saturated heterocycles. The lowest BCUT2D eigenvalue weighted by atomic mass is 10.2. The largest absolute Gasteiger partial charge is 0.324 e. The van der Waals surface area contributed by atoms with Crippen molar-refractivity contribution < 1.29 is 0 Å². The van der Waals surface area contributed by atoms with E-state index in [-0.39, 0.29) is 12.4 Å². The number of aromatic nitrogens is 6. The monoisotopic (exact) mass is 379 g/mol. The summed E-state index contributed by atoms with van der Waals surface area (Å²) in [4.78, 5) is 0. The standard InChI is InChI=1S/C16H21N7S.ClH/c1-12(2)23-11-18-19-15(23)10-24-16-21-20-14(8-17)22(16)9-13-6-4-3-5-7-13;/h3-7,11-12H,8-10,17H2,1-2H3;1H. The van der Waals surface area contributed by atoms with Crippen molar-refractivity contribution in [2.75, 3.05) is 0 Å². The van der Waals surface area contributed by atoms with E-state index in [0.29, 0.717) is 24.9 Å². The fourth-order valence-corrected chi connectivity index (χ4v) is 3.32. The minimum absolute atomic E-state index is 0. The van der Waals surface area contributed by atoms with E-state index in [2.05, 4.69) is 55.5 Å². The fourth-order valence-electron chi connectivity index (χ4n) is 2.43. The minimum atomic E-state index is 0. The lowest BCUT2D eigenvalue weighted by Gasteiger charge is -2.11. The zero-order valence-corrected chi connectivity index (χ0v) is 15.9. The first-order valence-electron chi connectivity index (χ1n) is 7.86. The van der Waals surface area contributed by atoms with E-state index in [1.54, 1.807) is 18.1 Å². The van der Waals surface area contributed by atoms with Gasteiger partial charge in [-0.05, 0) is 19.4 Å². The molecule has 2 N–H and O–H groups in total. The number of rotatable bonds is 7. The Hall–Kier alpha value is -1.90. The van der Waals surface area contributed by atoms with Crippen LogP contribution in [0.5, 0.6) is 0 Å². The third-order valence-corrected chi connectivity index (χ3v) is 4.66. The van der Waals surface area contributed by atoms with Crippen molar-refractivity contribution in [1.29, 1.82) is 0 Å². The van der Waals surface area contributed by atoms with Crippen molar-refractivity contribution >= 4 is 24.2 Å². The first-order chi connectivity index (χ1) is 11.7. The Kier molecular flexibility index (Phi) is 6.98. The summed E-state index contributed by atoms with van der Waals surface area (Å²) in [5.41, 5.74) is 7.01. The summed E-state index contributed by atoms with van der Waals surface area (Å²) < 4.78 is 4.13. The molecule has 9 heteroatoms. The van der Waals surface area contributed by atoms with Gasteiger partial charge in [0.2, 0.25) is 0 Å². The molecule has 0 aliphatic carbocycles. The molecule has 2 aromatic heterocycles. The average molecular weight is 380 g/mol. The smallest absolute Gasteiger partial charge is 0.192 e. The summed E-state index contributed by atoms with van der Waals surface area (Å²) in [7, 11) is 0. The molecule has 0 aliphatic heterocycles. The molecule has 7 nitrogen and oxygen atoms in total.